The summed E-state index contributed by atoms with van der Waals surface area (Å²) in [7, 11) is 0. The van der Waals surface area contributed by atoms with Crippen molar-refractivity contribution in [3.8, 4) is 0 Å². The van der Waals surface area contributed by atoms with E-state index in [1.165, 1.54) is 38.5 Å². The molecule has 4 aliphatic carbocycles. The first kappa shape index (κ1) is 12.2. The standard InChI is InChI=1S/C16H25NO2/c1-10(17-9-14(18)5-15(17)19)16-6-11-2-12(7-16)4-13(3-11)8-16/h10-14,18H,2-9H2,1H3. The van der Waals surface area contributed by atoms with Crippen LogP contribution in [0, 0.1) is 23.2 Å². The van der Waals surface area contributed by atoms with E-state index < -0.39 is 6.10 Å². The Balaban J connectivity index is 1.59. The van der Waals surface area contributed by atoms with E-state index >= 15 is 0 Å². The van der Waals surface area contributed by atoms with Crippen LogP contribution in [0.2, 0.25) is 0 Å². The molecule has 0 aromatic heterocycles. The maximum Gasteiger partial charge on any atom is 0.225 e. The Morgan fingerprint density at radius 1 is 1.16 bits per heavy atom. The van der Waals surface area contributed by atoms with Crippen LogP contribution in [0.4, 0.5) is 0 Å². The zero-order valence-electron chi connectivity index (χ0n) is 11.8. The lowest BCUT2D eigenvalue weighted by atomic mass is 9.47. The van der Waals surface area contributed by atoms with Crippen molar-refractivity contribution >= 4 is 5.91 Å². The van der Waals surface area contributed by atoms with Gasteiger partial charge in [0.25, 0.3) is 0 Å². The van der Waals surface area contributed by atoms with Crippen LogP contribution in [-0.2, 0) is 4.79 Å². The Labute approximate surface area is 115 Å². The molecule has 4 bridgehead atoms. The molecule has 0 spiro atoms. The minimum atomic E-state index is -0.427. The molecule has 2 atom stereocenters. The highest BCUT2D eigenvalue weighted by Gasteiger charge is 2.55. The molecule has 1 saturated heterocycles. The second kappa shape index (κ2) is 3.97. The molecule has 1 heterocycles. The van der Waals surface area contributed by atoms with Gasteiger partial charge in [-0.05, 0) is 68.6 Å². The van der Waals surface area contributed by atoms with E-state index in [1.54, 1.807) is 0 Å². The third-order valence-corrected chi connectivity index (χ3v) is 6.58. The van der Waals surface area contributed by atoms with E-state index in [9.17, 15) is 9.90 Å². The van der Waals surface area contributed by atoms with Gasteiger partial charge >= 0.3 is 0 Å². The molecule has 2 unspecified atom stereocenters. The van der Waals surface area contributed by atoms with Crippen molar-refractivity contribution in [3.63, 3.8) is 0 Å². The number of β-amino-alcohol motifs (C(OH)–C–C–N with tert-alkyl or cyclic N) is 1. The summed E-state index contributed by atoms with van der Waals surface area (Å²) in [6, 6.07) is 0.338. The zero-order chi connectivity index (χ0) is 13.2. The lowest BCUT2D eigenvalue weighted by molar-refractivity contribution is -0.140. The van der Waals surface area contributed by atoms with Gasteiger partial charge in [0.05, 0.1) is 12.5 Å². The van der Waals surface area contributed by atoms with Crippen LogP contribution in [0.25, 0.3) is 0 Å². The fourth-order valence-electron chi connectivity index (χ4n) is 6.11. The van der Waals surface area contributed by atoms with Crippen LogP contribution in [0.1, 0.15) is 51.9 Å². The number of hydrogen-bond donors (Lipinski definition) is 1. The lowest BCUT2D eigenvalue weighted by Gasteiger charge is -2.60. The first-order valence-corrected chi connectivity index (χ1v) is 8.03. The Bertz CT molecular complexity index is 370. The van der Waals surface area contributed by atoms with Crippen molar-refractivity contribution in [2.75, 3.05) is 6.54 Å². The van der Waals surface area contributed by atoms with E-state index in [4.69, 9.17) is 0 Å². The summed E-state index contributed by atoms with van der Waals surface area (Å²) in [5.41, 5.74) is 0.383. The van der Waals surface area contributed by atoms with Gasteiger partial charge in [0.15, 0.2) is 0 Å². The van der Waals surface area contributed by atoms with Crippen LogP contribution >= 0.6 is 0 Å². The van der Waals surface area contributed by atoms with E-state index in [0.29, 0.717) is 24.4 Å². The minimum absolute atomic E-state index is 0.177. The van der Waals surface area contributed by atoms with Gasteiger partial charge in [0.2, 0.25) is 5.91 Å². The topological polar surface area (TPSA) is 40.5 Å². The first-order valence-electron chi connectivity index (χ1n) is 8.03. The fourth-order valence-corrected chi connectivity index (χ4v) is 6.11. The summed E-state index contributed by atoms with van der Waals surface area (Å²) in [6.07, 6.45) is 8.26. The number of nitrogens with zero attached hydrogens (tertiary/aromatic N) is 1. The van der Waals surface area contributed by atoms with Crippen molar-refractivity contribution in [3.05, 3.63) is 0 Å². The second-order valence-electron chi connectivity index (χ2n) is 7.86. The van der Waals surface area contributed by atoms with E-state index in [1.807, 2.05) is 4.90 Å². The summed E-state index contributed by atoms with van der Waals surface area (Å²) in [5.74, 6) is 2.96. The normalized spacial score (nSPS) is 50.0. The van der Waals surface area contributed by atoms with Crippen LogP contribution < -0.4 is 0 Å². The van der Waals surface area contributed by atoms with Crippen LogP contribution in [0.5, 0.6) is 0 Å². The molecule has 3 heteroatoms. The molecule has 4 saturated carbocycles. The van der Waals surface area contributed by atoms with Crippen molar-refractivity contribution in [1.82, 2.24) is 4.90 Å². The van der Waals surface area contributed by atoms with Gasteiger partial charge in [-0.1, -0.05) is 0 Å². The molecule has 106 valence electrons. The predicted octanol–water partition coefficient (Wildman–Crippen LogP) is 2.18. The zero-order valence-corrected chi connectivity index (χ0v) is 11.8. The molecule has 0 aromatic rings. The number of rotatable bonds is 2. The van der Waals surface area contributed by atoms with E-state index in [2.05, 4.69) is 6.92 Å². The summed E-state index contributed by atoms with van der Waals surface area (Å²) < 4.78 is 0. The van der Waals surface area contributed by atoms with Crippen LogP contribution in [0.15, 0.2) is 0 Å². The summed E-state index contributed by atoms with van der Waals surface area (Å²) >= 11 is 0. The molecule has 5 aliphatic rings. The SMILES string of the molecule is CC(N1CC(O)CC1=O)C12CC3CC(CC(C3)C1)C2. The lowest BCUT2D eigenvalue weighted by Crippen LogP contribution is -2.56. The molecule has 0 aromatic carbocycles. The quantitative estimate of drug-likeness (QED) is 0.829. The molecule has 19 heavy (non-hydrogen) atoms. The summed E-state index contributed by atoms with van der Waals surface area (Å²) in [4.78, 5) is 14.1. The summed E-state index contributed by atoms with van der Waals surface area (Å²) in [5, 5.41) is 9.74. The maximum absolute atomic E-state index is 12.1. The van der Waals surface area contributed by atoms with Crippen LogP contribution in [0.3, 0.4) is 0 Å². The molecule has 5 fully saturated rings. The highest BCUT2D eigenvalue weighted by Crippen LogP contribution is 2.62. The minimum Gasteiger partial charge on any atom is -0.391 e. The Morgan fingerprint density at radius 3 is 2.11 bits per heavy atom. The third-order valence-electron chi connectivity index (χ3n) is 6.58. The van der Waals surface area contributed by atoms with Crippen molar-refractivity contribution in [2.45, 2.75) is 64.0 Å². The molecule has 5 rings (SSSR count). The molecular formula is C16H25NO2. The number of aliphatic hydroxyl groups excluding tert-OH is 1. The third kappa shape index (κ3) is 1.77. The molecule has 3 nitrogen and oxygen atoms in total. The van der Waals surface area contributed by atoms with E-state index in [0.717, 1.165) is 17.8 Å². The van der Waals surface area contributed by atoms with Gasteiger partial charge in [0, 0.05) is 12.6 Å². The maximum atomic E-state index is 12.1. The van der Waals surface area contributed by atoms with Gasteiger partial charge in [-0.3, -0.25) is 4.79 Å². The Kier molecular flexibility index (Phi) is 2.55. The van der Waals surface area contributed by atoms with Crippen molar-refractivity contribution in [2.24, 2.45) is 23.2 Å². The number of aliphatic hydroxyl groups is 1. The average Bonchev–Trinajstić information content (AvgIpc) is 2.65. The average molecular weight is 263 g/mol. The number of likely N-dealkylation sites (tertiary alicyclic amines) is 1. The second-order valence-corrected chi connectivity index (χ2v) is 7.86. The molecule has 1 N–H and O–H groups in total. The monoisotopic (exact) mass is 263 g/mol. The molecule has 1 amide bonds. The predicted molar refractivity (Wildman–Crippen MR) is 72.4 cm³/mol. The smallest absolute Gasteiger partial charge is 0.225 e. The highest BCUT2D eigenvalue weighted by atomic mass is 16.3. The number of carbonyl (C=O) groups excluding carboxylic acids is 1. The molecule has 1 aliphatic heterocycles. The number of carbonyl (C=O) groups is 1. The number of amides is 1. The van der Waals surface area contributed by atoms with Gasteiger partial charge in [-0.15, -0.1) is 0 Å². The van der Waals surface area contributed by atoms with Gasteiger partial charge in [0.1, 0.15) is 0 Å². The van der Waals surface area contributed by atoms with Crippen molar-refractivity contribution < 1.29 is 9.90 Å². The van der Waals surface area contributed by atoms with E-state index in [-0.39, 0.29) is 5.91 Å². The number of hydrogen-bond acceptors (Lipinski definition) is 2. The summed E-state index contributed by atoms with van der Waals surface area (Å²) in [6.45, 7) is 2.82. The molecule has 0 radical (unpaired) electrons. The van der Waals surface area contributed by atoms with Gasteiger partial charge in [-0.25, -0.2) is 0 Å². The molecular weight excluding hydrogens is 238 g/mol. The Hall–Kier alpha value is -0.570. The van der Waals surface area contributed by atoms with Crippen molar-refractivity contribution in [1.29, 1.82) is 0 Å². The first-order chi connectivity index (χ1) is 9.06. The van der Waals surface area contributed by atoms with Crippen LogP contribution in [-0.4, -0.2) is 34.6 Å². The van der Waals surface area contributed by atoms with Gasteiger partial charge in [-0.2, -0.15) is 0 Å². The van der Waals surface area contributed by atoms with Gasteiger partial charge < -0.3 is 10.0 Å². The largest absolute Gasteiger partial charge is 0.391 e. The fraction of sp³-hybridized carbons (Fsp3) is 0.938. The highest BCUT2D eigenvalue weighted by molar-refractivity contribution is 5.79. The Morgan fingerprint density at radius 2 is 1.68 bits per heavy atom.